The maximum Gasteiger partial charge on any atom is 0.164 e. The van der Waals surface area contributed by atoms with E-state index in [2.05, 4.69) is 158 Å². The SMILES string of the molecule is c1ccc(-c2nc(-c3ccc4c(c3)oc3ccccc34)nc(-c3ccccc3-c3cccc(-c4ccc5c(c4)-c4ccccc4C54c5ccccc5-c5ccccc54)c3)n2)cc1. The number of para-hydroxylation sites is 1. The molecule has 0 N–H and O–H groups in total. The van der Waals surface area contributed by atoms with E-state index in [-0.39, 0.29) is 5.41 Å². The molecule has 2 heterocycles. The Morgan fingerprint density at radius 3 is 1.52 bits per heavy atom. The standard InChI is InChI=1S/C58H35N3O/c1-2-15-36(16-3-1)55-59-56(40-29-31-46-45-23-9-13-28-53(45)62-54(46)35-40)61-57(60-55)47-24-5-4-19-41(47)39-18-14-17-37(33-39)38-30-32-52-48(34-38)44-22-8-12-27-51(44)58(52)49-25-10-6-20-42(49)43-21-7-11-26-50(43)58/h1-35H. The van der Waals surface area contributed by atoms with Crippen molar-refractivity contribution >= 4 is 21.9 Å². The summed E-state index contributed by atoms with van der Waals surface area (Å²) in [7, 11) is 0. The van der Waals surface area contributed by atoms with Crippen molar-refractivity contribution in [3.8, 4) is 78.7 Å². The average molecular weight is 790 g/mol. The van der Waals surface area contributed by atoms with Crippen LogP contribution in [0.25, 0.3) is 101 Å². The second-order valence-electron chi connectivity index (χ2n) is 16.3. The van der Waals surface area contributed by atoms with Gasteiger partial charge in [-0.05, 0) is 97.1 Å². The first-order valence-electron chi connectivity index (χ1n) is 21.1. The zero-order valence-electron chi connectivity index (χ0n) is 33.5. The number of rotatable bonds is 5. The lowest BCUT2D eigenvalue weighted by Gasteiger charge is -2.30. The molecule has 0 aliphatic heterocycles. The van der Waals surface area contributed by atoms with Crippen LogP contribution in [0.4, 0.5) is 0 Å². The highest BCUT2D eigenvalue weighted by Gasteiger charge is 2.51. The summed E-state index contributed by atoms with van der Waals surface area (Å²) in [4.78, 5) is 15.4. The van der Waals surface area contributed by atoms with Gasteiger partial charge in [0, 0.05) is 27.5 Å². The summed E-state index contributed by atoms with van der Waals surface area (Å²) in [5, 5.41) is 2.15. The van der Waals surface area contributed by atoms with Gasteiger partial charge in [-0.1, -0.05) is 182 Å². The molecule has 2 aromatic heterocycles. The zero-order chi connectivity index (χ0) is 40.8. The topological polar surface area (TPSA) is 51.8 Å². The molecule has 62 heavy (non-hydrogen) atoms. The monoisotopic (exact) mass is 789 g/mol. The highest BCUT2D eigenvalue weighted by molar-refractivity contribution is 6.06. The molecule has 0 radical (unpaired) electrons. The number of hydrogen-bond donors (Lipinski definition) is 0. The summed E-state index contributed by atoms with van der Waals surface area (Å²) in [5.41, 5.74) is 19.0. The maximum absolute atomic E-state index is 6.29. The number of benzene rings is 9. The van der Waals surface area contributed by atoms with Gasteiger partial charge in [-0.15, -0.1) is 0 Å². The van der Waals surface area contributed by atoms with E-state index < -0.39 is 0 Å². The summed E-state index contributed by atoms with van der Waals surface area (Å²) in [5.74, 6) is 1.81. The summed E-state index contributed by atoms with van der Waals surface area (Å²) in [6.45, 7) is 0. The van der Waals surface area contributed by atoms with Crippen molar-refractivity contribution in [2.45, 2.75) is 5.41 Å². The van der Waals surface area contributed by atoms with Gasteiger partial charge in [0.25, 0.3) is 0 Å². The highest BCUT2D eigenvalue weighted by atomic mass is 16.3. The molecule has 0 saturated carbocycles. The lowest BCUT2D eigenvalue weighted by Crippen LogP contribution is -2.25. The Hall–Kier alpha value is -8.21. The molecule has 0 saturated heterocycles. The van der Waals surface area contributed by atoms with Crippen LogP contribution in [-0.4, -0.2) is 15.0 Å². The van der Waals surface area contributed by atoms with Gasteiger partial charge in [0.05, 0.1) is 5.41 Å². The predicted octanol–water partition coefficient (Wildman–Crippen LogP) is 14.4. The summed E-state index contributed by atoms with van der Waals surface area (Å²) >= 11 is 0. The fourth-order valence-corrected chi connectivity index (χ4v) is 10.3. The lowest BCUT2D eigenvalue weighted by atomic mass is 9.70. The van der Waals surface area contributed by atoms with E-state index in [0.717, 1.165) is 55.3 Å². The van der Waals surface area contributed by atoms with Crippen LogP contribution in [0.5, 0.6) is 0 Å². The molecule has 9 aromatic carbocycles. The number of furan rings is 1. The zero-order valence-corrected chi connectivity index (χ0v) is 33.5. The van der Waals surface area contributed by atoms with E-state index in [1.807, 2.05) is 54.6 Å². The van der Waals surface area contributed by atoms with E-state index >= 15 is 0 Å². The Morgan fingerprint density at radius 1 is 0.274 bits per heavy atom. The number of fused-ring (bicyclic) bond motifs is 13. The molecule has 288 valence electrons. The van der Waals surface area contributed by atoms with Crippen LogP contribution in [0.3, 0.4) is 0 Å². The first-order chi connectivity index (χ1) is 30.7. The maximum atomic E-state index is 6.29. The largest absolute Gasteiger partial charge is 0.456 e. The van der Waals surface area contributed by atoms with E-state index in [1.54, 1.807) is 0 Å². The molecule has 1 spiro atoms. The number of hydrogen-bond acceptors (Lipinski definition) is 4. The molecule has 0 bridgehead atoms. The molecule has 4 heteroatoms. The molecule has 0 atom stereocenters. The van der Waals surface area contributed by atoms with Crippen LogP contribution in [0, 0.1) is 0 Å². The van der Waals surface area contributed by atoms with E-state index in [1.165, 1.54) is 50.1 Å². The summed E-state index contributed by atoms with van der Waals surface area (Å²) < 4.78 is 6.29. The van der Waals surface area contributed by atoms with Crippen LogP contribution in [0.15, 0.2) is 217 Å². The minimum atomic E-state index is -0.363. The van der Waals surface area contributed by atoms with Crippen LogP contribution >= 0.6 is 0 Å². The molecule has 13 rings (SSSR count). The molecule has 0 fully saturated rings. The quantitative estimate of drug-likeness (QED) is 0.174. The normalized spacial score (nSPS) is 13.0. The second kappa shape index (κ2) is 13.4. The molecule has 0 amide bonds. The molecule has 4 nitrogen and oxygen atoms in total. The van der Waals surface area contributed by atoms with Crippen molar-refractivity contribution in [1.29, 1.82) is 0 Å². The van der Waals surface area contributed by atoms with Gasteiger partial charge < -0.3 is 4.42 Å². The van der Waals surface area contributed by atoms with Gasteiger partial charge in [-0.3, -0.25) is 0 Å². The van der Waals surface area contributed by atoms with Crippen molar-refractivity contribution in [2.75, 3.05) is 0 Å². The molecular weight excluding hydrogens is 755 g/mol. The number of aromatic nitrogens is 3. The van der Waals surface area contributed by atoms with Crippen molar-refractivity contribution in [1.82, 2.24) is 15.0 Å². The Balaban J connectivity index is 0.937. The third-order valence-corrected chi connectivity index (χ3v) is 13.0. The van der Waals surface area contributed by atoms with Crippen LogP contribution in [0.2, 0.25) is 0 Å². The van der Waals surface area contributed by atoms with Crippen molar-refractivity contribution in [3.05, 3.63) is 235 Å². The van der Waals surface area contributed by atoms with Crippen LogP contribution < -0.4 is 0 Å². The van der Waals surface area contributed by atoms with E-state index in [9.17, 15) is 0 Å². The fraction of sp³-hybridized carbons (Fsp3) is 0.0172. The van der Waals surface area contributed by atoms with Crippen molar-refractivity contribution in [3.63, 3.8) is 0 Å². The first-order valence-corrected chi connectivity index (χ1v) is 21.1. The van der Waals surface area contributed by atoms with Crippen molar-refractivity contribution in [2.24, 2.45) is 0 Å². The van der Waals surface area contributed by atoms with Gasteiger partial charge in [-0.25, -0.2) is 15.0 Å². The smallest absolute Gasteiger partial charge is 0.164 e. The Labute approximate surface area is 358 Å². The molecule has 2 aliphatic carbocycles. The van der Waals surface area contributed by atoms with Crippen molar-refractivity contribution < 1.29 is 4.42 Å². The third kappa shape index (κ3) is 5.04. The highest BCUT2D eigenvalue weighted by Crippen LogP contribution is 2.63. The Morgan fingerprint density at radius 2 is 0.774 bits per heavy atom. The van der Waals surface area contributed by atoms with Gasteiger partial charge in [-0.2, -0.15) is 0 Å². The van der Waals surface area contributed by atoms with Gasteiger partial charge >= 0.3 is 0 Å². The lowest BCUT2D eigenvalue weighted by molar-refractivity contribution is 0.669. The Kier molecular flexibility index (Phi) is 7.49. The minimum absolute atomic E-state index is 0.363. The van der Waals surface area contributed by atoms with Crippen LogP contribution in [-0.2, 0) is 5.41 Å². The van der Waals surface area contributed by atoms with E-state index in [4.69, 9.17) is 19.4 Å². The first kappa shape index (κ1) is 34.6. The van der Waals surface area contributed by atoms with Gasteiger partial charge in [0.15, 0.2) is 17.5 Å². The molecule has 11 aromatic rings. The second-order valence-corrected chi connectivity index (χ2v) is 16.3. The van der Waals surface area contributed by atoms with E-state index in [0.29, 0.717) is 17.5 Å². The number of nitrogens with zero attached hydrogens (tertiary/aromatic N) is 3. The molecular formula is C58H35N3O. The summed E-state index contributed by atoms with van der Waals surface area (Å²) in [6, 6.07) is 75.7. The average Bonchev–Trinajstić information content (AvgIpc) is 3.98. The minimum Gasteiger partial charge on any atom is -0.456 e. The fourth-order valence-electron chi connectivity index (χ4n) is 10.3. The summed E-state index contributed by atoms with van der Waals surface area (Å²) in [6.07, 6.45) is 0. The third-order valence-electron chi connectivity index (χ3n) is 13.0. The predicted molar refractivity (Wildman–Crippen MR) is 251 cm³/mol. The Bertz CT molecular complexity index is 3560. The van der Waals surface area contributed by atoms with Crippen LogP contribution in [0.1, 0.15) is 22.3 Å². The molecule has 2 aliphatic rings. The molecule has 0 unspecified atom stereocenters. The van der Waals surface area contributed by atoms with Gasteiger partial charge in [0.1, 0.15) is 11.2 Å². The van der Waals surface area contributed by atoms with Gasteiger partial charge in [0.2, 0.25) is 0 Å².